The Bertz CT molecular complexity index is 5030. The molecule has 2 aliphatic carbocycles. The summed E-state index contributed by atoms with van der Waals surface area (Å²) in [4.78, 5) is 0. The lowest BCUT2D eigenvalue weighted by molar-refractivity contribution is 0.00578. The summed E-state index contributed by atoms with van der Waals surface area (Å²) in [5.41, 5.74) is 20.1. The van der Waals surface area contributed by atoms with Gasteiger partial charge >= 0.3 is 21.1 Å². The standard InChI is InChI=1S/C39H35BO2S.C33H23BrS.C12H24B2O4.CH4/c1-37(2)33-19-8-7-14-29(33)30-21-20-25(23-34(30)37)28-16-11-18-32-31-17-10-15-27(35(31)43-36(28)32)24-12-9-13-26(22-24)40-41-38(3,4)39(5,6)42-40;1-33(2)29-15-4-3-10-25(29)26-17-16-21(19-30(26)33)24-12-7-14-28-27-13-6-11-23(31(27)35-32(24)28)20-8-5-9-22(34)18-20;1-9(2)10(3,4)16-13(15-9)14-17-11(5,6)12(7,8)18-14;/h7-23H,1-6H3;3-19H,1-2H3;1-8H3;1H4. The minimum absolute atomic E-state index is 0. The van der Waals surface area contributed by atoms with Crippen LogP contribution in [0.5, 0.6) is 0 Å². The molecule has 6 nitrogen and oxygen atoms in total. The molecule has 10 aromatic carbocycles. The molecule has 0 spiro atoms. The number of benzene rings is 10. The third kappa shape index (κ3) is 11.2. The molecule has 3 fully saturated rings. The Morgan fingerprint density at radius 1 is 0.278 bits per heavy atom. The van der Waals surface area contributed by atoms with Gasteiger partial charge in [-0.25, -0.2) is 0 Å². The van der Waals surface area contributed by atoms with E-state index in [1.165, 1.54) is 129 Å². The highest BCUT2D eigenvalue weighted by molar-refractivity contribution is 9.10. The smallest absolute Gasteiger partial charge is 0.405 e. The first-order valence-electron chi connectivity index (χ1n) is 33.8. The fourth-order valence-electron chi connectivity index (χ4n) is 14.8. The van der Waals surface area contributed by atoms with Crippen molar-refractivity contribution >= 4 is 106 Å². The summed E-state index contributed by atoms with van der Waals surface area (Å²) in [6.45, 7) is 34.0. The van der Waals surface area contributed by atoms with E-state index in [1.54, 1.807) is 0 Å². The first-order valence-corrected chi connectivity index (χ1v) is 36.2. The molecule has 17 rings (SSSR count). The molecular formula is C85H86B3BrO6S2. The van der Waals surface area contributed by atoms with Crippen LogP contribution in [0.3, 0.4) is 0 Å². The molecule has 0 unspecified atom stereocenters. The second-order valence-corrected chi connectivity index (χ2v) is 33.7. The molecule has 0 saturated carbocycles. The maximum absolute atomic E-state index is 6.39. The summed E-state index contributed by atoms with van der Waals surface area (Å²) < 4.78 is 43.1. The number of halogens is 1. The van der Waals surface area contributed by atoms with Gasteiger partial charge in [0.25, 0.3) is 0 Å². The molecule has 0 amide bonds. The van der Waals surface area contributed by atoms with E-state index in [4.69, 9.17) is 27.9 Å². The van der Waals surface area contributed by atoms with Crippen molar-refractivity contribution in [3.05, 3.63) is 233 Å². The van der Waals surface area contributed by atoms with Crippen LogP contribution < -0.4 is 5.46 Å². The van der Waals surface area contributed by atoms with Crippen LogP contribution in [0.15, 0.2) is 211 Å². The Morgan fingerprint density at radius 3 is 0.948 bits per heavy atom. The van der Waals surface area contributed by atoms with Crippen molar-refractivity contribution in [1.29, 1.82) is 0 Å². The van der Waals surface area contributed by atoms with E-state index >= 15 is 0 Å². The molecule has 490 valence electrons. The number of rotatable bonds is 6. The topological polar surface area (TPSA) is 55.4 Å². The van der Waals surface area contributed by atoms with Gasteiger partial charge in [0.1, 0.15) is 0 Å². The van der Waals surface area contributed by atoms with Crippen molar-refractivity contribution in [1.82, 2.24) is 0 Å². The second-order valence-electron chi connectivity index (χ2n) is 30.8. The minimum Gasteiger partial charge on any atom is -0.405 e. The maximum atomic E-state index is 6.39. The SMILES string of the molecule is C.CC1(C)OB(B2OC(C)(C)C(C)(C)O2)OC1(C)C.CC1(C)c2ccccc2-c2ccc(-c3cccc4c3sc3c(-c5cccc(B6OC(C)(C)C(C)(C)O6)c5)cccc34)cc21.CC1(C)c2ccccc2-c2ccc(-c3cccc4c3sc3c(-c5cccc(Br)c5)cccc34)cc21. The Kier molecular flexibility index (Phi) is 16.6. The molecule has 0 atom stereocenters. The van der Waals surface area contributed by atoms with Crippen LogP contribution in [0.1, 0.15) is 140 Å². The highest BCUT2D eigenvalue weighted by Gasteiger charge is 2.64. The van der Waals surface area contributed by atoms with Crippen molar-refractivity contribution in [3.63, 3.8) is 0 Å². The number of thiophene rings is 2. The first-order chi connectivity index (χ1) is 45.5. The molecule has 0 radical (unpaired) electrons. The van der Waals surface area contributed by atoms with Gasteiger partial charge in [-0.1, -0.05) is 233 Å². The normalized spacial score (nSPS) is 18.8. The van der Waals surface area contributed by atoms with Crippen LogP contribution in [-0.4, -0.2) is 54.7 Å². The lowest BCUT2D eigenvalue weighted by Crippen LogP contribution is -2.41. The van der Waals surface area contributed by atoms with Gasteiger partial charge in [-0.15, -0.1) is 22.7 Å². The van der Waals surface area contributed by atoms with Gasteiger partial charge in [0.05, 0.1) is 33.6 Å². The molecule has 5 heterocycles. The summed E-state index contributed by atoms with van der Waals surface area (Å²) >= 11 is 7.46. The van der Waals surface area contributed by atoms with Crippen LogP contribution in [0.2, 0.25) is 0 Å². The zero-order valence-corrected chi connectivity index (χ0v) is 61.2. The van der Waals surface area contributed by atoms with Crippen LogP contribution in [-0.2, 0) is 38.8 Å². The summed E-state index contributed by atoms with van der Waals surface area (Å²) in [6.07, 6.45) is 0. The molecule has 3 aliphatic heterocycles. The largest absolute Gasteiger partial charge is 0.494 e. The van der Waals surface area contributed by atoms with E-state index in [0.29, 0.717) is 0 Å². The van der Waals surface area contributed by atoms with Crippen LogP contribution >= 0.6 is 38.6 Å². The summed E-state index contributed by atoms with van der Waals surface area (Å²) in [5.74, 6) is 0. The Labute approximate surface area is 591 Å². The molecule has 2 aromatic heterocycles. The van der Waals surface area contributed by atoms with E-state index < -0.39 is 14.0 Å². The highest BCUT2D eigenvalue weighted by Crippen LogP contribution is 2.54. The maximum Gasteiger partial charge on any atom is 0.494 e. The van der Waals surface area contributed by atoms with Crippen LogP contribution in [0.25, 0.3) is 107 Å². The predicted molar refractivity (Wildman–Crippen MR) is 418 cm³/mol. The zero-order chi connectivity index (χ0) is 67.4. The molecule has 12 heteroatoms. The fraction of sp³-hybridized carbons (Fsp3) is 0.294. The van der Waals surface area contributed by atoms with Gasteiger partial charge in [-0.3, -0.25) is 0 Å². The number of hydrogen-bond donors (Lipinski definition) is 0. The zero-order valence-electron chi connectivity index (χ0n) is 58.0. The van der Waals surface area contributed by atoms with Gasteiger partial charge in [-0.2, -0.15) is 0 Å². The monoisotopic (exact) mass is 1380 g/mol. The molecule has 97 heavy (non-hydrogen) atoms. The fourth-order valence-corrected chi connectivity index (χ4v) is 17.9. The highest BCUT2D eigenvalue weighted by atomic mass is 79.9. The van der Waals surface area contributed by atoms with Gasteiger partial charge < -0.3 is 27.9 Å². The summed E-state index contributed by atoms with van der Waals surface area (Å²) in [5, 5.41) is 5.28. The third-order valence-corrected chi connectivity index (χ3v) is 25.5. The quantitative estimate of drug-likeness (QED) is 0.155. The average Bonchev–Trinajstić information content (AvgIpc) is 1.61. The van der Waals surface area contributed by atoms with Crippen molar-refractivity contribution < 1.29 is 27.9 Å². The van der Waals surface area contributed by atoms with Crippen LogP contribution in [0.4, 0.5) is 0 Å². The third-order valence-electron chi connectivity index (χ3n) is 22.5. The molecule has 0 N–H and O–H groups in total. The van der Waals surface area contributed by atoms with Gasteiger partial charge in [0, 0.05) is 55.6 Å². The summed E-state index contributed by atoms with van der Waals surface area (Å²) in [7, 11) is -1.33. The Morgan fingerprint density at radius 2 is 0.577 bits per heavy atom. The van der Waals surface area contributed by atoms with Crippen molar-refractivity contribution in [3.8, 4) is 66.8 Å². The lowest BCUT2D eigenvalue weighted by Gasteiger charge is -2.32. The molecular weight excluding hydrogens is 1290 g/mol. The Hall–Kier alpha value is -6.93. The summed E-state index contributed by atoms with van der Waals surface area (Å²) in [6, 6.07) is 76.1. The Balaban J connectivity index is 0.000000134. The van der Waals surface area contributed by atoms with E-state index in [0.717, 1.165) is 9.94 Å². The van der Waals surface area contributed by atoms with Crippen molar-refractivity contribution in [2.45, 2.75) is 163 Å². The van der Waals surface area contributed by atoms with E-state index in [-0.39, 0.29) is 59.0 Å². The van der Waals surface area contributed by atoms with Crippen molar-refractivity contribution in [2.75, 3.05) is 0 Å². The van der Waals surface area contributed by atoms with Crippen molar-refractivity contribution in [2.24, 2.45) is 0 Å². The van der Waals surface area contributed by atoms with E-state index in [1.807, 2.05) is 78.1 Å². The predicted octanol–water partition coefficient (Wildman–Crippen LogP) is 23.3. The number of hydrogen-bond acceptors (Lipinski definition) is 8. The minimum atomic E-state index is -0.476. The van der Waals surface area contributed by atoms with Gasteiger partial charge in [0.15, 0.2) is 0 Å². The second kappa shape index (κ2) is 23.9. The molecule has 12 aromatic rings. The van der Waals surface area contributed by atoms with Gasteiger partial charge in [0.2, 0.25) is 0 Å². The van der Waals surface area contributed by atoms with E-state index in [2.05, 4.69) is 278 Å². The first kappa shape index (κ1) is 67.3. The number of fused-ring (bicyclic) bond motifs is 12. The molecule has 3 saturated heterocycles. The van der Waals surface area contributed by atoms with E-state index in [9.17, 15) is 0 Å². The molecule has 0 bridgehead atoms. The van der Waals surface area contributed by atoms with Gasteiger partial charge in [-0.05, 0) is 202 Å². The average molecular weight is 1380 g/mol. The lowest BCUT2D eigenvalue weighted by atomic mass is 9.49. The molecule has 5 aliphatic rings. The van der Waals surface area contributed by atoms with Crippen LogP contribution in [0, 0.1) is 0 Å².